The Bertz CT molecular complexity index is 1470. The lowest BCUT2D eigenvalue weighted by Gasteiger charge is -2.37. The molecule has 3 aromatic rings. The predicted molar refractivity (Wildman–Crippen MR) is 147 cm³/mol. The van der Waals surface area contributed by atoms with Crippen LogP contribution in [0.2, 0.25) is 0 Å². The van der Waals surface area contributed by atoms with Crippen molar-refractivity contribution in [3.8, 4) is 5.75 Å². The monoisotopic (exact) mass is 525 g/mol. The Kier molecular flexibility index (Phi) is 6.22. The summed E-state index contributed by atoms with van der Waals surface area (Å²) in [5, 5.41) is 14.8. The third-order valence-electron chi connectivity index (χ3n) is 8.67. The second-order valence-corrected chi connectivity index (χ2v) is 10.5. The van der Waals surface area contributed by atoms with Gasteiger partial charge in [-0.1, -0.05) is 31.2 Å². The standard InChI is InChI=1S/C31H31N3O5/c1-3-19-10-15-25-24(17-19)31(30(36)32-25)28(29(35)20-11-13-23(14-12-20)39-4-2)27(26-9-6-16-33(26)31)21-7-5-8-22(18-21)34(37)38/h5,7-8,10-15,17-18,26-28H,3-4,6,9,16H2,1-2H3,(H,32,36)/t26?,27?,28?,31-/m1/s1. The van der Waals surface area contributed by atoms with Crippen LogP contribution in [0, 0.1) is 16.0 Å². The fourth-order valence-corrected chi connectivity index (χ4v) is 7.11. The molecule has 1 N–H and O–H groups in total. The van der Waals surface area contributed by atoms with Crippen molar-refractivity contribution in [2.75, 3.05) is 18.5 Å². The Morgan fingerprint density at radius 3 is 2.64 bits per heavy atom. The van der Waals surface area contributed by atoms with Crippen molar-refractivity contribution in [1.82, 2.24) is 4.90 Å². The van der Waals surface area contributed by atoms with Crippen molar-refractivity contribution in [1.29, 1.82) is 0 Å². The van der Waals surface area contributed by atoms with Gasteiger partial charge in [0.1, 0.15) is 11.3 Å². The smallest absolute Gasteiger partial charge is 0.269 e. The summed E-state index contributed by atoms with van der Waals surface area (Å²) in [6, 6.07) is 19.6. The fourth-order valence-electron chi connectivity index (χ4n) is 7.11. The number of non-ortho nitro benzene ring substituents is 1. The maximum atomic E-state index is 14.6. The zero-order chi connectivity index (χ0) is 27.3. The topological polar surface area (TPSA) is 102 Å². The van der Waals surface area contributed by atoms with Crippen LogP contribution in [0.5, 0.6) is 5.75 Å². The Morgan fingerprint density at radius 2 is 1.92 bits per heavy atom. The molecule has 3 aromatic carbocycles. The van der Waals surface area contributed by atoms with Gasteiger partial charge in [-0.15, -0.1) is 0 Å². The quantitative estimate of drug-likeness (QED) is 0.250. The van der Waals surface area contributed by atoms with Gasteiger partial charge in [0, 0.05) is 40.9 Å². The van der Waals surface area contributed by atoms with Crippen molar-refractivity contribution in [3.63, 3.8) is 0 Å². The van der Waals surface area contributed by atoms with Crippen LogP contribution in [0.25, 0.3) is 0 Å². The molecule has 6 rings (SSSR count). The van der Waals surface area contributed by atoms with E-state index in [9.17, 15) is 19.7 Å². The summed E-state index contributed by atoms with van der Waals surface area (Å²) < 4.78 is 5.59. The number of nitrogens with one attached hydrogen (secondary N) is 1. The lowest BCUT2D eigenvalue weighted by molar-refractivity contribution is -0.384. The Balaban J connectivity index is 1.58. The lowest BCUT2D eigenvalue weighted by atomic mass is 9.68. The van der Waals surface area contributed by atoms with E-state index in [0.717, 1.165) is 41.6 Å². The molecule has 200 valence electrons. The number of amides is 1. The number of carbonyl (C=O) groups excluding carboxylic acids is 2. The average Bonchev–Trinajstić information content (AvgIpc) is 3.61. The number of Topliss-reactive ketones (excluding diaryl/α,β-unsaturated/α-hetero) is 1. The third kappa shape index (κ3) is 3.77. The van der Waals surface area contributed by atoms with Crippen molar-refractivity contribution in [2.24, 2.45) is 5.92 Å². The molecule has 0 bridgehead atoms. The van der Waals surface area contributed by atoms with E-state index in [1.54, 1.807) is 36.4 Å². The molecule has 2 saturated heterocycles. The Hall–Kier alpha value is -4.04. The molecule has 3 aliphatic rings. The minimum atomic E-state index is -1.20. The number of aryl methyl sites for hydroxylation is 1. The lowest BCUT2D eigenvalue weighted by Crippen LogP contribution is -2.52. The molecule has 3 heterocycles. The van der Waals surface area contributed by atoms with E-state index in [1.165, 1.54) is 6.07 Å². The number of fused-ring (bicyclic) bond motifs is 4. The molecule has 2 fully saturated rings. The van der Waals surface area contributed by atoms with Gasteiger partial charge in [0.25, 0.3) is 5.69 Å². The summed E-state index contributed by atoms with van der Waals surface area (Å²) in [6.07, 6.45) is 2.49. The van der Waals surface area contributed by atoms with Crippen molar-refractivity contribution in [3.05, 3.63) is 99.1 Å². The zero-order valence-corrected chi connectivity index (χ0v) is 22.1. The van der Waals surface area contributed by atoms with Gasteiger partial charge in [-0.25, -0.2) is 0 Å². The highest BCUT2D eigenvalue weighted by atomic mass is 16.6. The van der Waals surface area contributed by atoms with Crippen LogP contribution in [0.1, 0.15) is 59.7 Å². The molecule has 0 aromatic heterocycles. The molecule has 0 saturated carbocycles. The van der Waals surface area contributed by atoms with Crippen LogP contribution in [-0.4, -0.2) is 40.7 Å². The minimum Gasteiger partial charge on any atom is -0.494 e. The SMILES string of the molecule is CCOc1ccc(C(=O)C2C(c3cccc([N+](=O)[O-])c3)C3CCCN3[C@@]23C(=O)Nc2ccc(CC)cc23)cc1. The normalized spacial score (nSPS) is 25.4. The molecular formula is C31H31N3O5. The number of nitro benzene ring substituents is 1. The maximum absolute atomic E-state index is 14.6. The van der Waals surface area contributed by atoms with Gasteiger partial charge in [-0.3, -0.25) is 24.6 Å². The van der Waals surface area contributed by atoms with Gasteiger partial charge in [-0.05, 0) is 74.2 Å². The molecule has 3 unspecified atom stereocenters. The molecule has 0 radical (unpaired) electrons. The molecule has 3 aliphatic heterocycles. The number of rotatable bonds is 7. The Morgan fingerprint density at radius 1 is 1.13 bits per heavy atom. The molecule has 8 heteroatoms. The van der Waals surface area contributed by atoms with Crippen molar-refractivity contribution < 1.29 is 19.2 Å². The summed E-state index contributed by atoms with van der Waals surface area (Å²) >= 11 is 0. The van der Waals surface area contributed by atoms with E-state index < -0.39 is 22.3 Å². The Labute approximate surface area is 227 Å². The van der Waals surface area contributed by atoms with E-state index in [0.29, 0.717) is 24.5 Å². The zero-order valence-electron chi connectivity index (χ0n) is 22.1. The molecule has 1 spiro atoms. The summed E-state index contributed by atoms with van der Waals surface area (Å²) in [7, 11) is 0. The molecule has 39 heavy (non-hydrogen) atoms. The summed E-state index contributed by atoms with van der Waals surface area (Å²) in [4.78, 5) is 42.4. The molecule has 4 atom stereocenters. The highest BCUT2D eigenvalue weighted by Gasteiger charge is 2.69. The van der Waals surface area contributed by atoms with Crippen LogP contribution in [-0.2, 0) is 16.8 Å². The molecule has 1 amide bonds. The van der Waals surface area contributed by atoms with E-state index >= 15 is 0 Å². The first-order valence-electron chi connectivity index (χ1n) is 13.6. The molecule has 0 aliphatic carbocycles. The molecule has 8 nitrogen and oxygen atoms in total. The van der Waals surface area contributed by atoms with E-state index in [4.69, 9.17) is 4.74 Å². The van der Waals surface area contributed by atoms with Gasteiger partial charge >= 0.3 is 0 Å². The van der Waals surface area contributed by atoms with Crippen LogP contribution in [0.3, 0.4) is 0 Å². The number of hydrogen-bond acceptors (Lipinski definition) is 6. The second kappa shape index (κ2) is 9.61. The van der Waals surface area contributed by atoms with Crippen LogP contribution < -0.4 is 10.1 Å². The summed E-state index contributed by atoms with van der Waals surface area (Å²) in [6.45, 7) is 5.16. The number of hydrogen-bond donors (Lipinski definition) is 1. The van der Waals surface area contributed by atoms with Crippen LogP contribution in [0.4, 0.5) is 11.4 Å². The van der Waals surface area contributed by atoms with Gasteiger partial charge < -0.3 is 10.1 Å². The number of anilines is 1. The van der Waals surface area contributed by atoms with E-state index in [-0.39, 0.29) is 23.4 Å². The summed E-state index contributed by atoms with van der Waals surface area (Å²) in [5.74, 6) is -0.837. The number of nitrogens with zero attached hydrogens (tertiary/aromatic N) is 2. The van der Waals surface area contributed by atoms with E-state index in [2.05, 4.69) is 23.2 Å². The molecular weight excluding hydrogens is 494 g/mol. The first-order chi connectivity index (χ1) is 18.9. The van der Waals surface area contributed by atoms with Crippen molar-refractivity contribution >= 4 is 23.1 Å². The average molecular weight is 526 g/mol. The van der Waals surface area contributed by atoms with Gasteiger partial charge in [0.15, 0.2) is 5.78 Å². The number of benzene rings is 3. The number of ketones is 1. The largest absolute Gasteiger partial charge is 0.494 e. The van der Waals surface area contributed by atoms with Gasteiger partial charge in [-0.2, -0.15) is 0 Å². The maximum Gasteiger partial charge on any atom is 0.269 e. The number of carbonyl (C=O) groups is 2. The highest BCUT2D eigenvalue weighted by molar-refractivity contribution is 6.12. The first-order valence-corrected chi connectivity index (χ1v) is 13.6. The number of nitro groups is 1. The summed E-state index contributed by atoms with van der Waals surface area (Å²) in [5.41, 5.74) is 2.64. The highest BCUT2D eigenvalue weighted by Crippen LogP contribution is 2.61. The third-order valence-corrected chi connectivity index (χ3v) is 8.67. The van der Waals surface area contributed by atoms with Crippen LogP contribution in [0.15, 0.2) is 66.7 Å². The van der Waals surface area contributed by atoms with Crippen LogP contribution >= 0.6 is 0 Å². The van der Waals surface area contributed by atoms with E-state index in [1.807, 2.05) is 25.1 Å². The number of ether oxygens (including phenoxy) is 1. The minimum absolute atomic E-state index is 0.0187. The second-order valence-electron chi connectivity index (χ2n) is 10.5. The van der Waals surface area contributed by atoms with Crippen molar-refractivity contribution in [2.45, 2.75) is 50.6 Å². The first kappa shape index (κ1) is 25.2. The predicted octanol–water partition coefficient (Wildman–Crippen LogP) is 5.46. The van der Waals surface area contributed by atoms with Gasteiger partial charge in [0.2, 0.25) is 5.91 Å². The van der Waals surface area contributed by atoms with Gasteiger partial charge in [0.05, 0.1) is 17.4 Å². The fraction of sp³-hybridized carbons (Fsp3) is 0.355.